The van der Waals surface area contributed by atoms with Crippen molar-refractivity contribution < 1.29 is 0 Å². The molecule has 0 radical (unpaired) electrons. The Balaban J connectivity index is 2.55. The van der Waals surface area contributed by atoms with Crippen molar-refractivity contribution in [3.8, 4) is 0 Å². The molecule has 0 aliphatic carbocycles. The van der Waals surface area contributed by atoms with Gasteiger partial charge in [-0.15, -0.1) is 0 Å². The molecule has 0 fully saturated rings. The van der Waals surface area contributed by atoms with Crippen LogP contribution in [-0.2, 0) is 0 Å². The lowest BCUT2D eigenvalue weighted by Gasteiger charge is -2.05. The lowest BCUT2D eigenvalue weighted by atomic mass is 10.0. The van der Waals surface area contributed by atoms with Gasteiger partial charge in [0.1, 0.15) is 4.49 Å². The van der Waals surface area contributed by atoms with Crippen LogP contribution in [0.25, 0.3) is 5.57 Å². The third-order valence-corrected chi connectivity index (χ3v) is 3.06. The molecule has 1 rings (SSSR count). The fourth-order valence-electron chi connectivity index (χ4n) is 1.17. The van der Waals surface area contributed by atoms with Gasteiger partial charge in [0, 0.05) is 5.03 Å². The van der Waals surface area contributed by atoms with Crippen LogP contribution in [0.4, 0.5) is 0 Å². The number of hydrogen-bond donors (Lipinski definition) is 0. The van der Waals surface area contributed by atoms with Crippen molar-refractivity contribution in [2.75, 3.05) is 0 Å². The molecule has 0 aromatic heterocycles. The summed E-state index contributed by atoms with van der Waals surface area (Å²) in [5.74, 6) is 0. The van der Waals surface area contributed by atoms with Crippen LogP contribution in [0.1, 0.15) is 18.4 Å². The number of halogens is 3. The van der Waals surface area contributed by atoms with Crippen LogP contribution in [-0.4, -0.2) is 0 Å². The van der Waals surface area contributed by atoms with E-state index < -0.39 is 0 Å². The van der Waals surface area contributed by atoms with Gasteiger partial charge in [-0.3, -0.25) is 0 Å². The lowest BCUT2D eigenvalue weighted by molar-refractivity contribution is 1.05. The summed E-state index contributed by atoms with van der Waals surface area (Å²) >= 11 is 16.9. The Kier molecular flexibility index (Phi) is 5.24. The van der Waals surface area contributed by atoms with Gasteiger partial charge in [0.2, 0.25) is 0 Å². The van der Waals surface area contributed by atoms with E-state index in [1.54, 1.807) is 0 Å². The molecule has 0 heterocycles. The smallest absolute Gasteiger partial charge is 0.0952 e. The minimum atomic E-state index is 0.137. The molecule has 1 aromatic carbocycles. The van der Waals surface area contributed by atoms with Crippen LogP contribution in [0.2, 0.25) is 0 Å². The molecule has 0 bridgehead atoms. The number of hydrogen-bond acceptors (Lipinski definition) is 0. The SMILES string of the molecule is C=C(CCC(Cl)=C(Cl)Cl)c1ccccc1. The largest absolute Gasteiger partial charge is 0.121 e. The van der Waals surface area contributed by atoms with E-state index >= 15 is 0 Å². The maximum Gasteiger partial charge on any atom is 0.121 e. The Morgan fingerprint density at radius 3 is 2.13 bits per heavy atom. The first kappa shape index (κ1) is 12.6. The van der Waals surface area contributed by atoms with Gasteiger partial charge in [-0.2, -0.15) is 0 Å². The van der Waals surface area contributed by atoms with Gasteiger partial charge in [0.15, 0.2) is 0 Å². The van der Waals surface area contributed by atoms with Gasteiger partial charge in [-0.05, 0) is 24.0 Å². The Labute approximate surface area is 105 Å². The topological polar surface area (TPSA) is 0 Å². The zero-order chi connectivity index (χ0) is 11.3. The number of rotatable bonds is 4. The molecule has 15 heavy (non-hydrogen) atoms. The second-order valence-corrected chi connectivity index (χ2v) is 4.54. The molecule has 0 saturated carbocycles. The first-order chi connectivity index (χ1) is 7.11. The van der Waals surface area contributed by atoms with E-state index in [1.165, 1.54) is 0 Å². The third-order valence-electron chi connectivity index (χ3n) is 2.03. The maximum atomic E-state index is 5.82. The van der Waals surface area contributed by atoms with Crippen molar-refractivity contribution in [2.45, 2.75) is 12.8 Å². The molecule has 0 amide bonds. The van der Waals surface area contributed by atoms with E-state index in [-0.39, 0.29) is 4.49 Å². The summed E-state index contributed by atoms with van der Waals surface area (Å²) in [5.41, 5.74) is 2.15. The average Bonchev–Trinajstić information content (AvgIpc) is 2.26. The minimum absolute atomic E-state index is 0.137. The molecule has 0 saturated heterocycles. The van der Waals surface area contributed by atoms with Crippen molar-refractivity contribution in [1.82, 2.24) is 0 Å². The quantitative estimate of drug-likeness (QED) is 0.684. The van der Waals surface area contributed by atoms with Crippen LogP contribution in [0, 0.1) is 0 Å². The summed E-state index contributed by atoms with van der Waals surface area (Å²) in [4.78, 5) is 0. The van der Waals surface area contributed by atoms with Gasteiger partial charge in [0.25, 0.3) is 0 Å². The Bertz CT molecular complexity index is 362. The lowest BCUT2D eigenvalue weighted by Crippen LogP contribution is -1.83. The van der Waals surface area contributed by atoms with Crippen molar-refractivity contribution in [3.63, 3.8) is 0 Å². The molecule has 0 unspecified atom stereocenters. The summed E-state index contributed by atoms with van der Waals surface area (Å²) in [5, 5.41) is 0.482. The standard InChI is InChI=1S/C12H11Cl3/c1-9(7-8-11(13)12(14)15)10-5-3-2-4-6-10/h2-6H,1,7-8H2. The van der Waals surface area contributed by atoms with Crippen LogP contribution in [0.15, 0.2) is 46.4 Å². The van der Waals surface area contributed by atoms with Crippen LogP contribution in [0.5, 0.6) is 0 Å². The van der Waals surface area contributed by atoms with Crippen molar-refractivity contribution in [2.24, 2.45) is 0 Å². The minimum Gasteiger partial charge on any atom is -0.0952 e. The molecule has 1 aromatic rings. The summed E-state index contributed by atoms with van der Waals surface area (Å²) in [7, 11) is 0. The van der Waals surface area contributed by atoms with Crippen LogP contribution >= 0.6 is 34.8 Å². The maximum absolute atomic E-state index is 5.82. The highest BCUT2D eigenvalue weighted by Crippen LogP contribution is 2.26. The van der Waals surface area contributed by atoms with Crippen LogP contribution < -0.4 is 0 Å². The second-order valence-electron chi connectivity index (χ2n) is 3.13. The highest BCUT2D eigenvalue weighted by Gasteiger charge is 2.02. The van der Waals surface area contributed by atoms with E-state index in [1.807, 2.05) is 30.3 Å². The highest BCUT2D eigenvalue weighted by molar-refractivity contribution is 6.59. The number of allylic oxidation sites excluding steroid dienone is 2. The van der Waals surface area contributed by atoms with Crippen molar-refractivity contribution in [1.29, 1.82) is 0 Å². The number of benzene rings is 1. The average molecular weight is 262 g/mol. The van der Waals surface area contributed by atoms with E-state index in [0.717, 1.165) is 17.6 Å². The normalized spacial score (nSPS) is 9.80. The summed E-state index contributed by atoms with van der Waals surface area (Å²) in [6.07, 6.45) is 1.38. The molecule has 0 atom stereocenters. The Morgan fingerprint density at radius 1 is 1.00 bits per heavy atom. The highest BCUT2D eigenvalue weighted by atomic mass is 35.5. The zero-order valence-electron chi connectivity index (χ0n) is 8.14. The summed E-state index contributed by atoms with van der Waals surface area (Å²) < 4.78 is 0.137. The third kappa shape index (κ3) is 4.29. The van der Waals surface area contributed by atoms with Crippen molar-refractivity contribution in [3.05, 3.63) is 52.0 Å². The van der Waals surface area contributed by atoms with E-state index in [9.17, 15) is 0 Å². The van der Waals surface area contributed by atoms with E-state index in [0.29, 0.717) is 11.5 Å². The molecule has 0 aliphatic rings. The molecule has 80 valence electrons. The fraction of sp³-hybridized carbons (Fsp3) is 0.167. The van der Waals surface area contributed by atoms with Crippen molar-refractivity contribution >= 4 is 40.4 Å². The first-order valence-electron chi connectivity index (χ1n) is 4.54. The second kappa shape index (κ2) is 6.22. The zero-order valence-corrected chi connectivity index (χ0v) is 10.4. The Hall–Kier alpha value is -0.430. The molecule has 3 heteroatoms. The molecule has 0 spiro atoms. The van der Waals surface area contributed by atoms with Gasteiger partial charge in [0.05, 0.1) is 0 Å². The predicted molar refractivity (Wildman–Crippen MR) is 69.3 cm³/mol. The van der Waals surface area contributed by atoms with Crippen LogP contribution in [0.3, 0.4) is 0 Å². The summed E-state index contributed by atoms with van der Waals surface area (Å²) in [6.45, 7) is 3.99. The molecule has 0 N–H and O–H groups in total. The van der Waals surface area contributed by atoms with Gasteiger partial charge in [-0.1, -0.05) is 71.7 Å². The molecular formula is C12H11Cl3. The monoisotopic (exact) mass is 260 g/mol. The van der Waals surface area contributed by atoms with E-state index in [2.05, 4.69) is 6.58 Å². The molecule has 0 nitrogen and oxygen atoms in total. The van der Waals surface area contributed by atoms with E-state index in [4.69, 9.17) is 34.8 Å². The van der Waals surface area contributed by atoms with Gasteiger partial charge >= 0.3 is 0 Å². The molecule has 0 aliphatic heterocycles. The van der Waals surface area contributed by atoms with Gasteiger partial charge < -0.3 is 0 Å². The Morgan fingerprint density at radius 2 is 1.60 bits per heavy atom. The van der Waals surface area contributed by atoms with Gasteiger partial charge in [-0.25, -0.2) is 0 Å². The fourth-order valence-corrected chi connectivity index (χ4v) is 1.46. The predicted octanol–water partition coefficient (Wildman–Crippen LogP) is 5.37. The summed E-state index contributed by atoms with van der Waals surface area (Å²) in [6, 6.07) is 9.96. The first-order valence-corrected chi connectivity index (χ1v) is 5.67. The molecular weight excluding hydrogens is 250 g/mol.